The van der Waals surface area contributed by atoms with Crippen molar-refractivity contribution in [3.63, 3.8) is 0 Å². The van der Waals surface area contributed by atoms with Gasteiger partial charge in [-0.1, -0.05) is 0 Å². The summed E-state index contributed by atoms with van der Waals surface area (Å²) in [5, 5.41) is 2.98. The molecule has 0 aliphatic carbocycles. The first-order chi connectivity index (χ1) is 15.6. The third-order valence-electron chi connectivity index (χ3n) is 5.51. The number of benzene rings is 2. The minimum absolute atomic E-state index is 0.325. The smallest absolute Gasteiger partial charge is 0.241 e. The number of carbonyl (C=O) groups excluding carboxylic acids is 1. The number of methoxy groups -OCH3 is 1. The van der Waals surface area contributed by atoms with Crippen LogP contribution in [0.1, 0.15) is 31.9 Å². The van der Waals surface area contributed by atoms with E-state index in [1.165, 1.54) is 0 Å². The molecular weight excluding hydrogens is 448 g/mol. The van der Waals surface area contributed by atoms with E-state index in [9.17, 15) is 13.2 Å². The van der Waals surface area contributed by atoms with Crippen molar-refractivity contribution in [1.29, 1.82) is 0 Å². The van der Waals surface area contributed by atoms with Gasteiger partial charge in [-0.25, -0.2) is 8.42 Å². The number of ether oxygens (including phenoxy) is 4. The Balaban J connectivity index is 1.58. The Hall–Kier alpha value is -3.14. The molecule has 0 radical (unpaired) electrons. The van der Waals surface area contributed by atoms with E-state index < -0.39 is 21.5 Å². The molecular formula is C23H28N2O7S. The predicted octanol–water partition coefficient (Wildman–Crippen LogP) is 2.65. The van der Waals surface area contributed by atoms with Crippen molar-refractivity contribution in [2.45, 2.75) is 31.9 Å². The molecule has 10 heteroatoms. The van der Waals surface area contributed by atoms with Gasteiger partial charge in [0.05, 0.1) is 25.1 Å². The summed E-state index contributed by atoms with van der Waals surface area (Å²) < 4.78 is 48.6. The summed E-state index contributed by atoms with van der Waals surface area (Å²) in [6.45, 7) is 4.31. The van der Waals surface area contributed by atoms with Crippen molar-refractivity contribution in [3.05, 3.63) is 42.0 Å². The lowest BCUT2D eigenvalue weighted by molar-refractivity contribution is -0.120. The summed E-state index contributed by atoms with van der Waals surface area (Å²) in [6, 6.07) is 9.88. The second-order valence-corrected chi connectivity index (χ2v) is 10.6. The Bertz CT molecular complexity index is 1160. The summed E-state index contributed by atoms with van der Waals surface area (Å²) >= 11 is 0. The minimum Gasteiger partial charge on any atom is -0.497 e. The van der Waals surface area contributed by atoms with Crippen molar-refractivity contribution in [2.75, 3.05) is 37.4 Å². The van der Waals surface area contributed by atoms with E-state index in [0.29, 0.717) is 48.3 Å². The molecule has 1 unspecified atom stereocenters. The maximum absolute atomic E-state index is 13.1. The lowest BCUT2D eigenvalue weighted by Crippen LogP contribution is -2.45. The molecule has 178 valence electrons. The van der Waals surface area contributed by atoms with E-state index >= 15 is 0 Å². The Labute approximate surface area is 193 Å². The van der Waals surface area contributed by atoms with Crippen LogP contribution in [0, 0.1) is 0 Å². The normalized spacial score (nSPS) is 18.5. The second-order valence-electron chi connectivity index (χ2n) is 8.69. The minimum atomic E-state index is -3.74. The Morgan fingerprint density at radius 3 is 2.52 bits per heavy atom. The molecule has 1 N–H and O–H groups in total. The van der Waals surface area contributed by atoms with Crippen molar-refractivity contribution in [2.24, 2.45) is 0 Å². The highest BCUT2D eigenvalue weighted by Crippen LogP contribution is 2.41. The first kappa shape index (κ1) is 23.0. The van der Waals surface area contributed by atoms with Gasteiger partial charge in [0, 0.05) is 18.1 Å². The number of carbonyl (C=O) groups is 1. The number of hydrogen-bond acceptors (Lipinski definition) is 7. The molecule has 9 nitrogen and oxygen atoms in total. The number of anilines is 1. The maximum atomic E-state index is 13.1. The molecule has 2 aromatic carbocycles. The fraction of sp³-hybridized carbons (Fsp3) is 0.435. The van der Waals surface area contributed by atoms with E-state index in [1.807, 2.05) is 26.0 Å². The SMILES string of the molecule is COc1ccc2c(c1)C(NC(=O)CN(c1ccc3c(c1)OCCO3)S(C)(=O)=O)CC(C)(C)O2. The van der Waals surface area contributed by atoms with Crippen LogP contribution in [0.3, 0.4) is 0 Å². The highest BCUT2D eigenvalue weighted by atomic mass is 32.2. The first-order valence-corrected chi connectivity index (χ1v) is 12.4. The largest absolute Gasteiger partial charge is 0.497 e. The number of amides is 1. The third kappa shape index (κ3) is 5.11. The molecule has 1 atom stereocenters. The van der Waals surface area contributed by atoms with Crippen LogP contribution in [0.5, 0.6) is 23.0 Å². The molecule has 0 aromatic heterocycles. The first-order valence-electron chi connectivity index (χ1n) is 10.6. The molecule has 1 amide bonds. The van der Waals surface area contributed by atoms with Gasteiger partial charge in [0.2, 0.25) is 15.9 Å². The number of nitrogens with zero attached hydrogens (tertiary/aromatic N) is 1. The van der Waals surface area contributed by atoms with Gasteiger partial charge >= 0.3 is 0 Å². The summed E-state index contributed by atoms with van der Waals surface area (Å²) in [5.41, 5.74) is 0.602. The molecule has 0 saturated heterocycles. The van der Waals surface area contributed by atoms with Crippen LogP contribution < -0.4 is 28.6 Å². The summed E-state index contributed by atoms with van der Waals surface area (Å²) in [5.74, 6) is 1.85. The fourth-order valence-corrected chi connectivity index (χ4v) is 4.89. The molecule has 2 heterocycles. The number of rotatable bonds is 6. The molecule has 0 bridgehead atoms. The van der Waals surface area contributed by atoms with Crippen LogP contribution in [0.4, 0.5) is 5.69 Å². The molecule has 0 saturated carbocycles. The quantitative estimate of drug-likeness (QED) is 0.684. The molecule has 33 heavy (non-hydrogen) atoms. The Morgan fingerprint density at radius 2 is 1.82 bits per heavy atom. The monoisotopic (exact) mass is 476 g/mol. The van der Waals surface area contributed by atoms with Crippen LogP contribution in [0.15, 0.2) is 36.4 Å². The van der Waals surface area contributed by atoms with Gasteiger partial charge in [-0.15, -0.1) is 0 Å². The van der Waals surface area contributed by atoms with Gasteiger partial charge in [-0.05, 0) is 44.2 Å². The average Bonchev–Trinajstić information content (AvgIpc) is 2.75. The molecule has 2 aliphatic heterocycles. The van der Waals surface area contributed by atoms with Gasteiger partial charge in [-0.2, -0.15) is 0 Å². The van der Waals surface area contributed by atoms with E-state index in [0.717, 1.165) is 16.1 Å². The Morgan fingerprint density at radius 1 is 1.12 bits per heavy atom. The van der Waals surface area contributed by atoms with Crippen LogP contribution in [0.2, 0.25) is 0 Å². The van der Waals surface area contributed by atoms with Crippen LogP contribution >= 0.6 is 0 Å². The highest BCUT2D eigenvalue weighted by Gasteiger charge is 2.35. The summed E-state index contributed by atoms with van der Waals surface area (Å²) in [4.78, 5) is 13.1. The van der Waals surface area contributed by atoms with Gasteiger partial charge in [-0.3, -0.25) is 9.10 Å². The number of fused-ring (bicyclic) bond motifs is 2. The molecule has 0 spiro atoms. The fourth-order valence-electron chi connectivity index (χ4n) is 4.05. The van der Waals surface area contributed by atoms with Crippen LogP contribution in [0.25, 0.3) is 0 Å². The molecule has 2 aliphatic rings. The van der Waals surface area contributed by atoms with E-state index in [4.69, 9.17) is 18.9 Å². The topological polar surface area (TPSA) is 103 Å². The molecule has 4 rings (SSSR count). The van der Waals surface area contributed by atoms with Crippen LogP contribution in [-0.2, 0) is 14.8 Å². The van der Waals surface area contributed by atoms with E-state index in [-0.39, 0.29) is 12.6 Å². The third-order valence-corrected chi connectivity index (χ3v) is 6.65. The lowest BCUT2D eigenvalue weighted by Gasteiger charge is -2.38. The maximum Gasteiger partial charge on any atom is 0.241 e. The van der Waals surface area contributed by atoms with Gasteiger partial charge < -0.3 is 24.3 Å². The van der Waals surface area contributed by atoms with E-state index in [2.05, 4.69) is 5.32 Å². The zero-order valence-corrected chi connectivity index (χ0v) is 19.9. The number of nitrogens with one attached hydrogen (secondary N) is 1. The van der Waals surface area contributed by atoms with Crippen molar-refractivity contribution >= 4 is 21.6 Å². The predicted molar refractivity (Wildman–Crippen MR) is 123 cm³/mol. The summed E-state index contributed by atoms with van der Waals surface area (Å²) in [7, 11) is -2.17. The zero-order valence-electron chi connectivity index (χ0n) is 19.1. The average molecular weight is 477 g/mol. The van der Waals surface area contributed by atoms with Gasteiger partial charge in [0.25, 0.3) is 0 Å². The summed E-state index contributed by atoms with van der Waals surface area (Å²) in [6.07, 6.45) is 1.58. The van der Waals surface area contributed by atoms with Crippen molar-refractivity contribution in [3.8, 4) is 23.0 Å². The number of hydrogen-bond donors (Lipinski definition) is 1. The zero-order chi connectivity index (χ0) is 23.8. The lowest BCUT2D eigenvalue weighted by atomic mass is 9.89. The molecule has 0 fully saturated rings. The molecule has 2 aromatic rings. The van der Waals surface area contributed by atoms with Gasteiger partial charge in [0.15, 0.2) is 11.5 Å². The van der Waals surface area contributed by atoms with Crippen molar-refractivity contribution < 1.29 is 32.2 Å². The van der Waals surface area contributed by atoms with Crippen molar-refractivity contribution in [1.82, 2.24) is 5.32 Å². The highest BCUT2D eigenvalue weighted by molar-refractivity contribution is 7.92. The van der Waals surface area contributed by atoms with Gasteiger partial charge in [0.1, 0.15) is 36.9 Å². The number of sulfonamides is 1. The van der Waals surface area contributed by atoms with E-state index in [1.54, 1.807) is 31.4 Å². The van der Waals surface area contributed by atoms with Crippen LogP contribution in [-0.4, -0.2) is 53.1 Å². The standard InChI is InChI=1S/C23H28N2O7S/c1-23(2)13-18(17-12-16(29-3)6-8-19(17)32-23)24-22(26)14-25(33(4,27)28)15-5-7-20-21(11-15)31-10-9-30-20/h5-8,11-12,18H,9-10,13-14H2,1-4H3,(H,24,26). The Kier molecular flexibility index (Phi) is 6.04. The second kappa shape index (κ2) is 8.66.